The molecule has 4 aliphatic carbocycles. The van der Waals surface area contributed by atoms with Crippen LogP contribution in [0.2, 0.25) is 0 Å². The molecule has 1 unspecified atom stereocenters. The van der Waals surface area contributed by atoms with E-state index in [4.69, 9.17) is 9.57 Å². The van der Waals surface area contributed by atoms with E-state index in [0.717, 1.165) is 54.5 Å². The molecular weight excluding hydrogens is 705 g/mol. The molecule has 0 radical (unpaired) electrons. The molecule has 3 aromatic rings. The van der Waals surface area contributed by atoms with E-state index in [-0.39, 0.29) is 31.1 Å². The Balaban J connectivity index is 1.14. The van der Waals surface area contributed by atoms with Crippen LogP contribution in [0.3, 0.4) is 0 Å². The second kappa shape index (κ2) is 17.2. The van der Waals surface area contributed by atoms with Crippen LogP contribution in [0.5, 0.6) is 5.75 Å². The Bertz CT molecular complexity index is 1780. The average molecular weight is 769 g/mol. The van der Waals surface area contributed by atoms with Crippen molar-refractivity contribution in [2.45, 2.75) is 103 Å². The van der Waals surface area contributed by atoms with E-state index in [2.05, 4.69) is 48.4 Å². The number of ether oxygens (including phenoxy) is 1. The third-order valence-electron chi connectivity index (χ3n) is 13.5. The first kappa shape index (κ1) is 40.8. The topological polar surface area (TPSA) is 127 Å². The first-order valence-electron chi connectivity index (χ1n) is 20.8. The molecule has 56 heavy (non-hydrogen) atoms. The maximum absolute atomic E-state index is 14.4. The number of likely N-dealkylation sites (N-methyl/N-ethyl adjacent to an activating group) is 1. The van der Waals surface area contributed by atoms with Gasteiger partial charge in [0.15, 0.2) is 0 Å². The molecule has 10 heteroatoms. The van der Waals surface area contributed by atoms with Gasteiger partial charge >= 0.3 is 0 Å². The smallest absolute Gasteiger partial charge is 0.240 e. The molecule has 10 atom stereocenters. The molecular formula is C46H64N4O6. The molecule has 5 N–H and O–H groups in total. The molecule has 3 aromatic carbocycles. The first-order chi connectivity index (χ1) is 26.8. The number of aliphatic hydroxyl groups excluding tert-OH is 3. The minimum Gasteiger partial charge on any atom is -0.492 e. The van der Waals surface area contributed by atoms with E-state index in [9.17, 15) is 20.1 Å². The number of benzene rings is 3. The number of aliphatic hydroxyl groups is 3. The molecule has 1 aliphatic heterocycles. The zero-order valence-corrected chi connectivity index (χ0v) is 34.1. The van der Waals surface area contributed by atoms with E-state index in [1.165, 1.54) is 12.0 Å². The predicted octanol–water partition coefficient (Wildman–Crippen LogP) is 5.56. The monoisotopic (exact) mass is 768 g/mol. The maximum Gasteiger partial charge on any atom is 0.240 e. The third kappa shape index (κ3) is 8.87. The Morgan fingerprint density at radius 2 is 1.79 bits per heavy atom. The van der Waals surface area contributed by atoms with Gasteiger partial charge in [-0.3, -0.25) is 14.9 Å². The van der Waals surface area contributed by atoms with Crippen molar-refractivity contribution < 1.29 is 29.7 Å². The lowest BCUT2D eigenvalue weighted by molar-refractivity contribution is -0.183. The zero-order valence-electron chi connectivity index (χ0n) is 34.1. The summed E-state index contributed by atoms with van der Waals surface area (Å²) < 4.78 is 6.66. The van der Waals surface area contributed by atoms with Crippen LogP contribution in [-0.2, 0) is 22.6 Å². The lowest BCUT2D eigenvalue weighted by Gasteiger charge is -2.62. The van der Waals surface area contributed by atoms with Gasteiger partial charge in [-0.1, -0.05) is 87.5 Å². The minimum absolute atomic E-state index is 0.0181. The number of nitrogens with one attached hydrogen (secondary N) is 2. The highest BCUT2D eigenvalue weighted by Gasteiger charge is 2.57. The summed E-state index contributed by atoms with van der Waals surface area (Å²) in [6.07, 6.45) is 2.69. The zero-order chi connectivity index (χ0) is 39.7. The Labute approximate surface area is 333 Å². The van der Waals surface area contributed by atoms with Crippen molar-refractivity contribution >= 4 is 5.91 Å². The van der Waals surface area contributed by atoms with Gasteiger partial charge in [0.05, 0.1) is 25.9 Å². The molecule has 1 amide bonds. The summed E-state index contributed by atoms with van der Waals surface area (Å²) in [5, 5.41) is 41.5. The number of rotatable bonds is 17. The number of hydroxylamine groups is 2. The molecule has 10 nitrogen and oxygen atoms in total. The van der Waals surface area contributed by atoms with Gasteiger partial charge in [-0.25, -0.2) is 0 Å². The number of fused-ring (bicyclic) bond motifs is 2. The van der Waals surface area contributed by atoms with Crippen LogP contribution in [0.1, 0.15) is 76.3 Å². The fourth-order valence-corrected chi connectivity index (χ4v) is 9.96. The Morgan fingerprint density at radius 3 is 2.45 bits per heavy atom. The molecule has 1 saturated heterocycles. The Hall–Kier alpha value is -3.35. The first-order valence-corrected chi connectivity index (χ1v) is 20.8. The Morgan fingerprint density at radius 1 is 1.04 bits per heavy atom. The van der Waals surface area contributed by atoms with Crippen molar-refractivity contribution in [2.75, 3.05) is 33.9 Å². The second-order valence-corrected chi connectivity index (χ2v) is 18.1. The number of hydrogen-bond donors (Lipinski definition) is 5. The standard InChI is InChI=1S/C46H64N4O6/c1-28-38-22-35(46(38,3)4)23-39(28)48-45(54)42-41(29(2)52)40(26-51)56-50(42)24-34-16-11-17-37(43(34)55-27-31-18-19-31)32-14-10-15-33(21-32)44(53)47-36(25-49(5)6)20-30-12-8-7-9-13-30/h7-17,21,28-29,31,35-36,38-42,44,47,51-53H,18-20,22-27H2,1-6H3,(H,48,54)/t28-,29-,35-,36-,38+,39-,40-,41+,42-,44?/m0/s1. The third-order valence-corrected chi connectivity index (χ3v) is 13.5. The van der Waals surface area contributed by atoms with E-state index in [1.807, 2.05) is 74.8 Å². The van der Waals surface area contributed by atoms with Gasteiger partial charge in [-0.2, -0.15) is 5.06 Å². The molecule has 304 valence electrons. The lowest BCUT2D eigenvalue weighted by atomic mass is 9.45. The summed E-state index contributed by atoms with van der Waals surface area (Å²) >= 11 is 0. The Kier molecular flexibility index (Phi) is 12.6. The quantitative estimate of drug-likeness (QED) is 0.112. The van der Waals surface area contributed by atoms with Gasteiger partial charge in [0.2, 0.25) is 5.91 Å². The second-order valence-electron chi connectivity index (χ2n) is 18.1. The number of carbonyl (C=O) groups excluding carboxylic acids is 1. The number of amides is 1. The average Bonchev–Trinajstić information content (AvgIpc) is 3.93. The normalized spacial score (nSPS) is 28.7. The van der Waals surface area contributed by atoms with Gasteiger partial charge in [0.1, 0.15) is 24.1 Å². The number of hydrogen-bond acceptors (Lipinski definition) is 9. The fourth-order valence-electron chi connectivity index (χ4n) is 9.96. The molecule has 8 rings (SSSR count). The van der Waals surface area contributed by atoms with Gasteiger partial charge in [-0.15, -0.1) is 0 Å². The molecule has 1 heterocycles. The highest BCUT2D eigenvalue weighted by molar-refractivity contribution is 5.83. The summed E-state index contributed by atoms with van der Waals surface area (Å²) in [6, 6.07) is 23.6. The summed E-state index contributed by atoms with van der Waals surface area (Å²) in [4.78, 5) is 22.9. The van der Waals surface area contributed by atoms with Crippen LogP contribution in [0.15, 0.2) is 72.8 Å². The number of carbonyl (C=O) groups is 1. The van der Waals surface area contributed by atoms with Crippen LogP contribution in [-0.4, -0.2) is 95.4 Å². The van der Waals surface area contributed by atoms with E-state index in [0.29, 0.717) is 41.4 Å². The van der Waals surface area contributed by atoms with Crippen LogP contribution in [0.25, 0.3) is 11.1 Å². The fraction of sp³-hybridized carbons (Fsp3) is 0.587. The van der Waals surface area contributed by atoms with Crippen molar-refractivity contribution in [2.24, 2.45) is 35.0 Å². The molecule has 0 spiro atoms. The molecule has 5 aliphatic rings. The minimum atomic E-state index is -0.892. The predicted molar refractivity (Wildman–Crippen MR) is 218 cm³/mol. The summed E-state index contributed by atoms with van der Waals surface area (Å²) in [7, 11) is 4.08. The van der Waals surface area contributed by atoms with Crippen molar-refractivity contribution in [3.63, 3.8) is 0 Å². The molecule has 0 aromatic heterocycles. The largest absolute Gasteiger partial charge is 0.492 e. The van der Waals surface area contributed by atoms with Crippen molar-refractivity contribution in [3.05, 3.63) is 89.5 Å². The van der Waals surface area contributed by atoms with Crippen LogP contribution in [0, 0.1) is 35.0 Å². The molecule has 2 bridgehead atoms. The SMILES string of the molecule is C[C@@H]1[C@@H](NC(=O)[C@@H]2[C@H]([C@H](C)O)[C@H](CO)ON2Cc2cccc(-c3cccc(C(O)N[C@@H](Cc4ccccc4)CN(C)C)c3)c2OCC2CC2)C[C@@H]2C[C@H]1C2(C)C. The van der Waals surface area contributed by atoms with Crippen molar-refractivity contribution in [1.82, 2.24) is 20.6 Å². The van der Waals surface area contributed by atoms with E-state index < -0.39 is 30.4 Å². The van der Waals surface area contributed by atoms with Crippen LogP contribution < -0.4 is 15.4 Å². The van der Waals surface area contributed by atoms with Crippen LogP contribution >= 0.6 is 0 Å². The number of nitrogens with zero attached hydrogens (tertiary/aromatic N) is 2. The van der Waals surface area contributed by atoms with Gasteiger partial charge in [0, 0.05) is 35.7 Å². The number of para-hydroxylation sites is 1. The van der Waals surface area contributed by atoms with Crippen molar-refractivity contribution in [3.8, 4) is 16.9 Å². The summed E-state index contributed by atoms with van der Waals surface area (Å²) in [5.74, 6) is 1.92. The summed E-state index contributed by atoms with van der Waals surface area (Å²) in [6.45, 7) is 9.88. The van der Waals surface area contributed by atoms with Crippen LogP contribution in [0.4, 0.5) is 0 Å². The van der Waals surface area contributed by atoms with E-state index >= 15 is 0 Å². The summed E-state index contributed by atoms with van der Waals surface area (Å²) in [5.41, 5.74) is 4.88. The maximum atomic E-state index is 14.4. The highest BCUT2D eigenvalue weighted by atomic mass is 16.7. The van der Waals surface area contributed by atoms with Gasteiger partial charge in [-0.05, 0) is 105 Å². The van der Waals surface area contributed by atoms with Gasteiger partial charge in [0.25, 0.3) is 0 Å². The molecule has 4 saturated carbocycles. The lowest BCUT2D eigenvalue weighted by Crippen LogP contribution is -2.62. The highest BCUT2D eigenvalue weighted by Crippen LogP contribution is 2.61. The van der Waals surface area contributed by atoms with Gasteiger partial charge < -0.3 is 30.3 Å². The van der Waals surface area contributed by atoms with E-state index in [1.54, 1.807) is 12.0 Å². The van der Waals surface area contributed by atoms with Crippen molar-refractivity contribution in [1.29, 1.82) is 0 Å². The molecule has 5 fully saturated rings.